The standard InChI is InChI=1S/C12H18BrN3O/c1-4-5-6-14-9(2)15-11-7-10(13)8-16(3)12(11)17/h7-8H,4-6H2,1-3H3,(H,14,15). The molecule has 0 amide bonds. The lowest BCUT2D eigenvalue weighted by molar-refractivity contribution is 0.807. The Hall–Kier alpha value is -1.10. The first-order valence-corrected chi connectivity index (χ1v) is 6.48. The van der Waals surface area contributed by atoms with Gasteiger partial charge in [-0.3, -0.25) is 9.79 Å². The number of hydrogen-bond donors (Lipinski definition) is 1. The lowest BCUT2D eigenvalue weighted by Crippen LogP contribution is -2.22. The van der Waals surface area contributed by atoms with Crippen molar-refractivity contribution in [2.24, 2.45) is 12.0 Å². The highest BCUT2D eigenvalue weighted by Crippen LogP contribution is 2.11. The second kappa shape index (κ2) is 6.59. The highest BCUT2D eigenvalue weighted by Gasteiger charge is 2.03. The van der Waals surface area contributed by atoms with Crippen molar-refractivity contribution in [1.82, 2.24) is 4.57 Å². The summed E-state index contributed by atoms with van der Waals surface area (Å²) in [5, 5.41) is 3.04. The van der Waals surface area contributed by atoms with Gasteiger partial charge in [-0.05, 0) is 35.3 Å². The third-order valence-electron chi connectivity index (χ3n) is 2.33. The van der Waals surface area contributed by atoms with Crippen LogP contribution in [0.5, 0.6) is 0 Å². The molecule has 0 saturated carbocycles. The van der Waals surface area contributed by atoms with Gasteiger partial charge in [0.2, 0.25) is 0 Å². The topological polar surface area (TPSA) is 46.4 Å². The van der Waals surface area contributed by atoms with Crippen LogP contribution in [-0.2, 0) is 7.05 Å². The van der Waals surface area contributed by atoms with Crippen LogP contribution in [-0.4, -0.2) is 16.9 Å². The number of amidine groups is 1. The molecule has 1 N–H and O–H groups in total. The average molecular weight is 300 g/mol. The fraction of sp³-hybridized carbons (Fsp3) is 0.500. The Morgan fingerprint density at radius 2 is 2.29 bits per heavy atom. The fourth-order valence-electron chi connectivity index (χ4n) is 1.40. The number of unbranched alkanes of at least 4 members (excludes halogenated alkanes) is 1. The molecule has 1 aromatic heterocycles. The van der Waals surface area contributed by atoms with Crippen LogP contribution in [0.2, 0.25) is 0 Å². The summed E-state index contributed by atoms with van der Waals surface area (Å²) in [4.78, 5) is 16.2. The molecule has 1 heterocycles. The lowest BCUT2D eigenvalue weighted by Gasteiger charge is -2.07. The first-order chi connectivity index (χ1) is 8.04. The van der Waals surface area contributed by atoms with Crippen LogP contribution in [0, 0.1) is 0 Å². The fourth-order valence-corrected chi connectivity index (χ4v) is 1.94. The number of nitrogens with one attached hydrogen (secondary N) is 1. The SMILES string of the molecule is CCCCN=C(C)Nc1cc(Br)cn(C)c1=O. The molecule has 0 aliphatic carbocycles. The van der Waals surface area contributed by atoms with Gasteiger partial charge in [-0.25, -0.2) is 0 Å². The predicted molar refractivity (Wildman–Crippen MR) is 75.9 cm³/mol. The molecule has 1 rings (SSSR count). The molecule has 0 fully saturated rings. The van der Waals surface area contributed by atoms with E-state index < -0.39 is 0 Å². The van der Waals surface area contributed by atoms with Crippen LogP contribution >= 0.6 is 15.9 Å². The molecule has 0 saturated heterocycles. The number of nitrogens with zero attached hydrogens (tertiary/aromatic N) is 2. The zero-order valence-electron chi connectivity index (χ0n) is 10.5. The monoisotopic (exact) mass is 299 g/mol. The molecule has 0 unspecified atom stereocenters. The first kappa shape index (κ1) is 14.0. The summed E-state index contributed by atoms with van der Waals surface area (Å²) in [7, 11) is 1.72. The number of halogens is 1. The van der Waals surface area contributed by atoms with Crippen molar-refractivity contribution >= 4 is 27.5 Å². The Morgan fingerprint density at radius 3 is 2.94 bits per heavy atom. The minimum Gasteiger partial charge on any atom is -0.340 e. The number of pyridine rings is 1. The zero-order valence-corrected chi connectivity index (χ0v) is 12.0. The van der Waals surface area contributed by atoms with Crippen molar-refractivity contribution in [2.45, 2.75) is 26.7 Å². The maximum absolute atomic E-state index is 11.8. The van der Waals surface area contributed by atoms with E-state index in [1.807, 2.05) is 6.92 Å². The Bertz CT molecular complexity index is 465. The molecule has 0 atom stereocenters. The summed E-state index contributed by atoms with van der Waals surface area (Å²) >= 11 is 3.36. The van der Waals surface area contributed by atoms with Crippen LogP contribution in [0.25, 0.3) is 0 Å². The van der Waals surface area contributed by atoms with Gasteiger partial charge in [0, 0.05) is 24.3 Å². The van der Waals surface area contributed by atoms with E-state index in [1.54, 1.807) is 19.3 Å². The molecular weight excluding hydrogens is 282 g/mol. The number of aryl methyl sites for hydroxylation is 1. The van der Waals surface area contributed by atoms with E-state index in [-0.39, 0.29) is 5.56 Å². The van der Waals surface area contributed by atoms with Gasteiger partial charge >= 0.3 is 0 Å². The molecular formula is C12H18BrN3O. The number of rotatable bonds is 4. The third kappa shape index (κ3) is 4.34. The maximum atomic E-state index is 11.8. The molecule has 0 aliphatic heterocycles. The molecule has 0 spiro atoms. The predicted octanol–water partition coefficient (Wildman–Crippen LogP) is 2.78. The molecule has 5 heteroatoms. The minimum atomic E-state index is -0.0572. The second-order valence-corrected chi connectivity index (χ2v) is 4.85. The van der Waals surface area contributed by atoms with Crippen LogP contribution in [0.15, 0.2) is 26.5 Å². The van der Waals surface area contributed by atoms with Gasteiger partial charge in [-0.2, -0.15) is 0 Å². The average Bonchev–Trinajstić information content (AvgIpc) is 2.25. The summed E-state index contributed by atoms with van der Waals surface area (Å²) in [6.07, 6.45) is 3.92. The Balaban J connectivity index is 2.81. The minimum absolute atomic E-state index is 0.0572. The van der Waals surface area contributed by atoms with Crippen LogP contribution < -0.4 is 10.9 Å². The van der Waals surface area contributed by atoms with E-state index in [0.29, 0.717) is 5.69 Å². The zero-order chi connectivity index (χ0) is 12.8. The maximum Gasteiger partial charge on any atom is 0.274 e. The molecule has 4 nitrogen and oxygen atoms in total. The Labute approximate surface area is 110 Å². The van der Waals surface area contributed by atoms with Crippen molar-refractivity contribution in [3.63, 3.8) is 0 Å². The molecule has 17 heavy (non-hydrogen) atoms. The van der Waals surface area contributed by atoms with Gasteiger partial charge in [0.15, 0.2) is 0 Å². The van der Waals surface area contributed by atoms with E-state index in [2.05, 4.69) is 33.2 Å². The molecule has 94 valence electrons. The largest absolute Gasteiger partial charge is 0.340 e. The van der Waals surface area contributed by atoms with E-state index in [9.17, 15) is 4.79 Å². The number of hydrogen-bond acceptors (Lipinski definition) is 2. The summed E-state index contributed by atoms with van der Waals surface area (Å²) in [6, 6.07) is 1.77. The van der Waals surface area contributed by atoms with Gasteiger partial charge in [0.1, 0.15) is 5.69 Å². The van der Waals surface area contributed by atoms with Gasteiger partial charge in [0.25, 0.3) is 5.56 Å². The van der Waals surface area contributed by atoms with Gasteiger partial charge in [0.05, 0.1) is 5.84 Å². The lowest BCUT2D eigenvalue weighted by atomic mass is 10.3. The van der Waals surface area contributed by atoms with Crippen LogP contribution in [0.1, 0.15) is 26.7 Å². The van der Waals surface area contributed by atoms with Crippen molar-refractivity contribution in [3.05, 3.63) is 27.1 Å². The van der Waals surface area contributed by atoms with E-state index in [1.165, 1.54) is 4.57 Å². The molecule has 0 bridgehead atoms. The Kier molecular flexibility index (Phi) is 5.41. The van der Waals surface area contributed by atoms with Crippen LogP contribution in [0.3, 0.4) is 0 Å². The van der Waals surface area contributed by atoms with E-state index >= 15 is 0 Å². The number of aromatic nitrogens is 1. The first-order valence-electron chi connectivity index (χ1n) is 5.69. The summed E-state index contributed by atoms with van der Waals surface area (Å²) in [6.45, 7) is 4.79. The van der Waals surface area contributed by atoms with Gasteiger partial charge in [-0.15, -0.1) is 0 Å². The molecule has 0 aliphatic rings. The van der Waals surface area contributed by atoms with Crippen LogP contribution in [0.4, 0.5) is 5.69 Å². The normalized spacial score (nSPS) is 11.6. The Morgan fingerprint density at radius 1 is 1.59 bits per heavy atom. The van der Waals surface area contributed by atoms with Gasteiger partial charge in [-0.1, -0.05) is 13.3 Å². The summed E-state index contributed by atoms with van der Waals surface area (Å²) < 4.78 is 2.40. The van der Waals surface area contributed by atoms with E-state index in [0.717, 1.165) is 29.7 Å². The highest BCUT2D eigenvalue weighted by atomic mass is 79.9. The highest BCUT2D eigenvalue weighted by molar-refractivity contribution is 9.10. The molecule has 0 aromatic carbocycles. The number of anilines is 1. The van der Waals surface area contributed by atoms with E-state index in [4.69, 9.17) is 0 Å². The molecule has 0 radical (unpaired) electrons. The van der Waals surface area contributed by atoms with Crippen molar-refractivity contribution in [3.8, 4) is 0 Å². The smallest absolute Gasteiger partial charge is 0.274 e. The molecule has 1 aromatic rings. The van der Waals surface area contributed by atoms with Crippen molar-refractivity contribution in [2.75, 3.05) is 11.9 Å². The van der Waals surface area contributed by atoms with Gasteiger partial charge < -0.3 is 9.88 Å². The number of aliphatic imine (C=N–C) groups is 1. The quantitative estimate of drug-likeness (QED) is 0.528. The second-order valence-electron chi connectivity index (χ2n) is 3.93. The summed E-state index contributed by atoms with van der Waals surface area (Å²) in [5.41, 5.74) is 0.484. The van der Waals surface area contributed by atoms with Crippen molar-refractivity contribution in [1.29, 1.82) is 0 Å². The van der Waals surface area contributed by atoms with Crippen molar-refractivity contribution < 1.29 is 0 Å². The summed E-state index contributed by atoms with van der Waals surface area (Å²) in [5.74, 6) is 0.772. The third-order valence-corrected chi connectivity index (χ3v) is 2.76.